The Morgan fingerprint density at radius 1 is 1.24 bits per heavy atom. The van der Waals surface area contributed by atoms with Crippen molar-refractivity contribution in [2.45, 2.75) is 44.2 Å². The normalized spacial score (nSPS) is 24.5. The number of anilines is 1. The van der Waals surface area contributed by atoms with Gasteiger partial charge < -0.3 is 5.32 Å². The van der Waals surface area contributed by atoms with Gasteiger partial charge in [-0.1, -0.05) is 28.8 Å². The van der Waals surface area contributed by atoms with E-state index in [1.807, 2.05) is 18.2 Å². The Bertz CT molecular complexity index is 612. The lowest BCUT2D eigenvalue weighted by atomic mass is 9.90. The van der Waals surface area contributed by atoms with Crippen molar-refractivity contribution in [1.29, 1.82) is 0 Å². The molecule has 1 heterocycles. The molecule has 0 aromatic heterocycles. The van der Waals surface area contributed by atoms with Crippen LogP contribution >= 0.6 is 31.9 Å². The lowest BCUT2D eigenvalue weighted by Gasteiger charge is -2.43. The third kappa shape index (κ3) is 2.42. The molecule has 1 aliphatic heterocycles. The molecule has 1 saturated carbocycles. The molecule has 1 aromatic rings. The van der Waals surface area contributed by atoms with Gasteiger partial charge in [-0.3, -0.25) is 14.5 Å². The molecule has 1 saturated heterocycles. The summed E-state index contributed by atoms with van der Waals surface area (Å²) in [5, 5.41) is 2.97. The number of halogens is 2. The molecule has 1 N–H and O–H groups in total. The van der Waals surface area contributed by atoms with Crippen molar-refractivity contribution < 1.29 is 9.59 Å². The van der Waals surface area contributed by atoms with E-state index >= 15 is 0 Å². The number of rotatable bonds is 1. The molecule has 1 unspecified atom stereocenters. The molecule has 6 heteroatoms. The Morgan fingerprint density at radius 2 is 1.90 bits per heavy atom. The second kappa shape index (κ2) is 5.39. The zero-order valence-electron chi connectivity index (χ0n) is 11.7. The van der Waals surface area contributed by atoms with E-state index in [9.17, 15) is 9.59 Å². The number of carbonyl (C=O) groups is 2. The average molecular weight is 416 g/mol. The van der Waals surface area contributed by atoms with Crippen molar-refractivity contribution in [3.8, 4) is 0 Å². The monoisotopic (exact) mass is 414 g/mol. The first-order valence-corrected chi connectivity index (χ1v) is 8.64. The van der Waals surface area contributed by atoms with Gasteiger partial charge in [-0.25, -0.2) is 0 Å². The van der Waals surface area contributed by atoms with E-state index in [0.717, 1.165) is 40.3 Å². The van der Waals surface area contributed by atoms with Gasteiger partial charge in [0.1, 0.15) is 11.6 Å². The van der Waals surface area contributed by atoms with Gasteiger partial charge in [0.15, 0.2) is 0 Å². The summed E-state index contributed by atoms with van der Waals surface area (Å²) in [6, 6.07) is 5.14. The van der Waals surface area contributed by atoms with Crippen LogP contribution in [0.25, 0.3) is 0 Å². The molecule has 21 heavy (non-hydrogen) atoms. The van der Waals surface area contributed by atoms with Crippen molar-refractivity contribution in [1.82, 2.24) is 5.32 Å². The maximum atomic E-state index is 13.0. The molecule has 2 fully saturated rings. The largest absolute Gasteiger partial charge is 0.340 e. The third-order valence-electron chi connectivity index (χ3n) is 4.38. The van der Waals surface area contributed by atoms with Crippen molar-refractivity contribution in [2.24, 2.45) is 0 Å². The summed E-state index contributed by atoms with van der Waals surface area (Å²) in [6.07, 6.45) is 3.43. The van der Waals surface area contributed by atoms with E-state index in [-0.39, 0.29) is 11.8 Å². The minimum atomic E-state index is -0.698. The lowest BCUT2D eigenvalue weighted by molar-refractivity contribution is -0.137. The number of benzene rings is 1. The minimum absolute atomic E-state index is 0.00937. The van der Waals surface area contributed by atoms with E-state index in [2.05, 4.69) is 37.2 Å². The summed E-state index contributed by atoms with van der Waals surface area (Å²) in [5.74, 6) is -0.0681. The van der Waals surface area contributed by atoms with Gasteiger partial charge in [-0.2, -0.15) is 0 Å². The topological polar surface area (TPSA) is 49.4 Å². The molecule has 1 aromatic carbocycles. The first-order chi connectivity index (χ1) is 9.94. The van der Waals surface area contributed by atoms with Crippen LogP contribution < -0.4 is 10.2 Å². The Hall–Kier alpha value is -0.880. The Labute approximate surface area is 140 Å². The van der Waals surface area contributed by atoms with Crippen molar-refractivity contribution in [2.75, 3.05) is 4.90 Å². The van der Waals surface area contributed by atoms with Crippen LogP contribution in [-0.2, 0) is 9.59 Å². The van der Waals surface area contributed by atoms with Crippen LogP contribution in [0, 0.1) is 0 Å². The highest BCUT2D eigenvalue weighted by molar-refractivity contribution is 9.11. The Balaban J connectivity index is 2.05. The van der Waals surface area contributed by atoms with Gasteiger partial charge in [0.25, 0.3) is 5.91 Å². The SMILES string of the molecule is CC1C(=O)NC2(CCCC2)C(=O)N1c1ccc(Br)cc1Br. The highest BCUT2D eigenvalue weighted by Crippen LogP contribution is 2.39. The number of amides is 2. The molecule has 2 aliphatic rings. The quantitative estimate of drug-likeness (QED) is 0.764. The fourth-order valence-electron chi connectivity index (χ4n) is 3.23. The Morgan fingerprint density at radius 3 is 2.52 bits per heavy atom. The maximum Gasteiger partial charge on any atom is 0.253 e. The third-order valence-corrected chi connectivity index (χ3v) is 5.51. The molecular formula is C15H16Br2N2O2. The van der Waals surface area contributed by atoms with Crippen LogP contribution in [0.2, 0.25) is 0 Å². The molecule has 1 atom stereocenters. The molecule has 2 amide bonds. The van der Waals surface area contributed by atoms with Crippen LogP contribution in [0.15, 0.2) is 27.1 Å². The van der Waals surface area contributed by atoms with Crippen molar-refractivity contribution in [3.05, 3.63) is 27.1 Å². The van der Waals surface area contributed by atoms with Crippen LogP contribution in [0.5, 0.6) is 0 Å². The average Bonchev–Trinajstić information content (AvgIpc) is 2.89. The lowest BCUT2D eigenvalue weighted by Crippen LogP contribution is -2.69. The molecular weight excluding hydrogens is 400 g/mol. The van der Waals surface area contributed by atoms with E-state index in [1.54, 1.807) is 11.8 Å². The second-order valence-corrected chi connectivity index (χ2v) is 7.50. The summed E-state index contributed by atoms with van der Waals surface area (Å²) < 4.78 is 1.73. The number of nitrogens with one attached hydrogen (secondary N) is 1. The van der Waals surface area contributed by atoms with Crippen LogP contribution in [0.1, 0.15) is 32.6 Å². The number of hydrogen-bond acceptors (Lipinski definition) is 2. The zero-order valence-corrected chi connectivity index (χ0v) is 14.8. The van der Waals surface area contributed by atoms with Crippen molar-refractivity contribution in [3.63, 3.8) is 0 Å². The standard InChI is InChI=1S/C15H16Br2N2O2/c1-9-13(20)18-15(6-2-3-7-15)14(21)19(9)12-5-4-10(16)8-11(12)17/h4-5,8-9H,2-3,6-7H2,1H3,(H,18,20). The molecule has 1 aliphatic carbocycles. The van der Waals surface area contributed by atoms with Gasteiger partial charge in [-0.15, -0.1) is 0 Å². The van der Waals surface area contributed by atoms with Gasteiger partial charge >= 0.3 is 0 Å². The first kappa shape index (κ1) is 15.0. The number of carbonyl (C=O) groups excluding carboxylic acids is 2. The molecule has 4 nitrogen and oxygen atoms in total. The van der Waals surface area contributed by atoms with E-state index in [1.165, 1.54) is 0 Å². The highest BCUT2D eigenvalue weighted by Gasteiger charge is 2.51. The summed E-state index contributed by atoms with van der Waals surface area (Å²) in [4.78, 5) is 27.0. The number of hydrogen-bond donors (Lipinski definition) is 1. The number of piperazine rings is 1. The van der Waals surface area contributed by atoms with Crippen LogP contribution in [-0.4, -0.2) is 23.4 Å². The molecule has 3 rings (SSSR count). The summed E-state index contributed by atoms with van der Waals surface area (Å²) in [6.45, 7) is 1.77. The maximum absolute atomic E-state index is 13.0. The Kier molecular flexibility index (Phi) is 3.86. The molecule has 112 valence electrons. The van der Waals surface area contributed by atoms with Crippen LogP contribution in [0.4, 0.5) is 5.69 Å². The fourth-order valence-corrected chi connectivity index (χ4v) is 4.47. The number of nitrogens with zero attached hydrogens (tertiary/aromatic N) is 1. The highest BCUT2D eigenvalue weighted by atomic mass is 79.9. The summed E-state index contributed by atoms with van der Waals surface area (Å²) in [7, 11) is 0. The van der Waals surface area contributed by atoms with E-state index in [4.69, 9.17) is 0 Å². The summed E-state index contributed by atoms with van der Waals surface area (Å²) in [5.41, 5.74) is 0.0488. The predicted molar refractivity (Wildman–Crippen MR) is 88.1 cm³/mol. The summed E-state index contributed by atoms with van der Waals surface area (Å²) >= 11 is 6.91. The molecule has 1 spiro atoms. The van der Waals surface area contributed by atoms with Crippen molar-refractivity contribution >= 4 is 49.4 Å². The van der Waals surface area contributed by atoms with Crippen LogP contribution in [0.3, 0.4) is 0 Å². The van der Waals surface area contributed by atoms with Gasteiger partial charge in [-0.05, 0) is 53.9 Å². The first-order valence-electron chi connectivity index (χ1n) is 7.05. The van der Waals surface area contributed by atoms with Gasteiger partial charge in [0.2, 0.25) is 5.91 Å². The van der Waals surface area contributed by atoms with E-state index in [0.29, 0.717) is 0 Å². The smallest absolute Gasteiger partial charge is 0.253 e. The van der Waals surface area contributed by atoms with E-state index < -0.39 is 11.6 Å². The van der Waals surface area contributed by atoms with Gasteiger partial charge in [0, 0.05) is 8.95 Å². The zero-order chi connectivity index (χ0) is 15.2. The second-order valence-electron chi connectivity index (χ2n) is 5.73. The minimum Gasteiger partial charge on any atom is -0.340 e. The fraction of sp³-hybridized carbons (Fsp3) is 0.467. The molecule has 0 radical (unpaired) electrons. The molecule has 0 bridgehead atoms. The predicted octanol–water partition coefficient (Wildman–Crippen LogP) is 3.38. The van der Waals surface area contributed by atoms with Gasteiger partial charge in [0.05, 0.1) is 5.69 Å².